The van der Waals surface area contributed by atoms with Crippen molar-refractivity contribution in [2.45, 2.75) is 57.4 Å². The predicted octanol–water partition coefficient (Wildman–Crippen LogP) is 1.84. The van der Waals surface area contributed by atoms with E-state index >= 15 is 0 Å². The van der Waals surface area contributed by atoms with Crippen molar-refractivity contribution in [1.82, 2.24) is 14.8 Å². The first-order valence-corrected chi connectivity index (χ1v) is 6.28. The van der Waals surface area contributed by atoms with Crippen molar-refractivity contribution in [2.75, 3.05) is 0 Å². The molecule has 4 heteroatoms. The molecule has 0 aromatic carbocycles. The van der Waals surface area contributed by atoms with E-state index in [9.17, 15) is 4.79 Å². The van der Waals surface area contributed by atoms with Crippen LogP contribution in [0.1, 0.15) is 56.1 Å². The van der Waals surface area contributed by atoms with Gasteiger partial charge in [0.25, 0.3) is 0 Å². The maximum atomic E-state index is 11.2. The van der Waals surface area contributed by atoms with E-state index in [1.807, 2.05) is 0 Å². The molecule has 1 fully saturated rings. The summed E-state index contributed by atoms with van der Waals surface area (Å²) >= 11 is 0. The minimum atomic E-state index is 0.403. The highest BCUT2D eigenvalue weighted by Crippen LogP contribution is 2.29. The van der Waals surface area contributed by atoms with Gasteiger partial charge in [-0.3, -0.25) is 4.79 Å². The van der Waals surface area contributed by atoms with E-state index in [2.05, 4.69) is 14.8 Å². The molecule has 0 saturated heterocycles. The van der Waals surface area contributed by atoms with Crippen LogP contribution in [0.2, 0.25) is 0 Å². The summed E-state index contributed by atoms with van der Waals surface area (Å²) in [6.45, 7) is 1.02. The van der Waals surface area contributed by atoms with Crippen LogP contribution in [0, 0.1) is 0 Å². The molecule has 2 aliphatic rings. The number of ketones is 1. The minimum Gasteiger partial charge on any atom is -0.300 e. The molecule has 1 aliphatic heterocycles. The van der Waals surface area contributed by atoms with Gasteiger partial charge in [-0.25, -0.2) is 9.67 Å². The molecular weight excluding hydrogens is 202 g/mol. The molecule has 2 heterocycles. The smallest absolute Gasteiger partial charge is 0.154 e. The molecule has 86 valence electrons. The molecule has 3 rings (SSSR count). The van der Waals surface area contributed by atoms with Crippen LogP contribution in [0.4, 0.5) is 0 Å². The summed E-state index contributed by atoms with van der Waals surface area (Å²) in [6.07, 6.45) is 6.85. The lowest BCUT2D eigenvalue weighted by atomic mass is 9.88. The van der Waals surface area contributed by atoms with Crippen LogP contribution in [0.5, 0.6) is 0 Å². The minimum absolute atomic E-state index is 0.403. The first-order valence-electron chi connectivity index (χ1n) is 6.28. The Labute approximate surface area is 95.1 Å². The summed E-state index contributed by atoms with van der Waals surface area (Å²) in [5, 5.41) is 4.59. The first kappa shape index (κ1) is 10.00. The molecular formula is C12H17N3O. The topological polar surface area (TPSA) is 47.8 Å². The Hall–Kier alpha value is -1.19. The number of rotatable bonds is 1. The van der Waals surface area contributed by atoms with Gasteiger partial charge in [0.05, 0.1) is 0 Å². The number of hydrogen-bond acceptors (Lipinski definition) is 3. The van der Waals surface area contributed by atoms with Crippen molar-refractivity contribution in [1.29, 1.82) is 0 Å². The van der Waals surface area contributed by atoms with E-state index in [0.29, 0.717) is 24.5 Å². The number of nitrogens with zero attached hydrogens (tertiary/aromatic N) is 3. The van der Waals surface area contributed by atoms with E-state index in [1.54, 1.807) is 0 Å². The van der Waals surface area contributed by atoms with Gasteiger partial charge in [-0.15, -0.1) is 0 Å². The highest BCUT2D eigenvalue weighted by atomic mass is 16.1. The quantitative estimate of drug-likeness (QED) is 0.724. The van der Waals surface area contributed by atoms with Gasteiger partial charge in [0, 0.05) is 31.7 Å². The van der Waals surface area contributed by atoms with Crippen LogP contribution in [0.25, 0.3) is 0 Å². The molecule has 0 radical (unpaired) electrons. The second kappa shape index (κ2) is 4.00. The standard InChI is InChI=1S/C12H17N3O/c16-10-6-4-9(5-7-10)12-13-11-3-1-2-8-15(11)14-12/h9H,1-8H2. The molecule has 0 spiro atoms. The number of aryl methyl sites for hydroxylation is 2. The monoisotopic (exact) mass is 219 g/mol. The molecule has 4 nitrogen and oxygen atoms in total. The van der Waals surface area contributed by atoms with Crippen molar-refractivity contribution in [3.05, 3.63) is 11.6 Å². The van der Waals surface area contributed by atoms with Gasteiger partial charge in [-0.1, -0.05) is 0 Å². The SMILES string of the molecule is O=C1CCC(c2nc3n(n2)CCCC3)CC1. The van der Waals surface area contributed by atoms with Crippen molar-refractivity contribution < 1.29 is 4.79 Å². The number of aromatic nitrogens is 3. The number of carbonyl (C=O) groups excluding carboxylic acids is 1. The summed E-state index contributed by atoms with van der Waals surface area (Å²) in [7, 11) is 0. The van der Waals surface area contributed by atoms with Gasteiger partial charge in [0.15, 0.2) is 5.82 Å². The fraction of sp³-hybridized carbons (Fsp3) is 0.750. The zero-order valence-electron chi connectivity index (χ0n) is 9.48. The molecule has 1 aromatic rings. The van der Waals surface area contributed by atoms with Crippen molar-refractivity contribution in [2.24, 2.45) is 0 Å². The van der Waals surface area contributed by atoms with Crippen LogP contribution in [-0.2, 0) is 17.8 Å². The fourth-order valence-electron chi connectivity index (χ4n) is 2.67. The Balaban J connectivity index is 1.79. The molecule has 1 saturated carbocycles. The zero-order valence-corrected chi connectivity index (χ0v) is 9.48. The maximum absolute atomic E-state index is 11.2. The summed E-state index contributed by atoms with van der Waals surface area (Å²) in [6, 6.07) is 0. The number of Topliss-reactive ketones (excluding diaryl/α,β-unsaturated/α-hetero) is 1. The molecule has 0 unspecified atom stereocenters. The van der Waals surface area contributed by atoms with Gasteiger partial charge >= 0.3 is 0 Å². The Morgan fingerprint density at radius 3 is 2.69 bits per heavy atom. The van der Waals surface area contributed by atoms with E-state index in [4.69, 9.17) is 0 Å². The molecule has 0 N–H and O–H groups in total. The van der Waals surface area contributed by atoms with Gasteiger partial charge in [-0.05, 0) is 25.7 Å². The Bertz CT molecular complexity index is 377. The summed E-state index contributed by atoms with van der Waals surface area (Å²) in [5.41, 5.74) is 0. The average Bonchev–Trinajstić information content (AvgIpc) is 2.73. The van der Waals surface area contributed by atoms with E-state index in [1.165, 1.54) is 12.8 Å². The molecule has 1 aliphatic carbocycles. The van der Waals surface area contributed by atoms with Gasteiger partial charge in [-0.2, -0.15) is 5.10 Å². The van der Waals surface area contributed by atoms with E-state index < -0.39 is 0 Å². The van der Waals surface area contributed by atoms with Gasteiger partial charge in [0.2, 0.25) is 0 Å². The van der Waals surface area contributed by atoms with Gasteiger partial charge in [0.1, 0.15) is 11.6 Å². The van der Waals surface area contributed by atoms with Crippen molar-refractivity contribution in [3.8, 4) is 0 Å². The normalized spacial score (nSPS) is 22.1. The molecule has 16 heavy (non-hydrogen) atoms. The highest BCUT2D eigenvalue weighted by molar-refractivity contribution is 5.79. The third-order valence-corrected chi connectivity index (χ3v) is 3.69. The predicted molar refractivity (Wildman–Crippen MR) is 59.2 cm³/mol. The van der Waals surface area contributed by atoms with E-state index in [0.717, 1.165) is 37.5 Å². The third kappa shape index (κ3) is 1.77. The molecule has 0 atom stereocenters. The van der Waals surface area contributed by atoms with Crippen LogP contribution < -0.4 is 0 Å². The van der Waals surface area contributed by atoms with Gasteiger partial charge < -0.3 is 0 Å². The number of fused-ring (bicyclic) bond motifs is 1. The second-order valence-electron chi connectivity index (χ2n) is 4.88. The lowest BCUT2D eigenvalue weighted by molar-refractivity contribution is -0.120. The molecule has 0 amide bonds. The maximum Gasteiger partial charge on any atom is 0.154 e. The zero-order chi connectivity index (χ0) is 11.0. The van der Waals surface area contributed by atoms with E-state index in [-0.39, 0.29) is 0 Å². The molecule has 0 bridgehead atoms. The van der Waals surface area contributed by atoms with Crippen LogP contribution in [-0.4, -0.2) is 20.5 Å². The lowest BCUT2D eigenvalue weighted by Crippen LogP contribution is -2.14. The van der Waals surface area contributed by atoms with Crippen LogP contribution in [0.15, 0.2) is 0 Å². The second-order valence-corrected chi connectivity index (χ2v) is 4.88. The Morgan fingerprint density at radius 1 is 1.12 bits per heavy atom. The summed E-state index contributed by atoms with van der Waals surface area (Å²) in [4.78, 5) is 15.8. The Kier molecular flexibility index (Phi) is 2.50. The first-order chi connectivity index (χ1) is 7.83. The van der Waals surface area contributed by atoms with Crippen molar-refractivity contribution >= 4 is 5.78 Å². The summed E-state index contributed by atoms with van der Waals surface area (Å²) < 4.78 is 2.06. The molecule has 1 aromatic heterocycles. The fourth-order valence-corrected chi connectivity index (χ4v) is 2.67. The Morgan fingerprint density at radius 2 is 1.94 bits per heavy atom. The highest BCUT2D eigenvalue weighted by Gasteiger charge is 2.25. The number of hydrogen-bond donors (Lipinski definition) is 0. The largest absolute Gasteiger partial charge is 0.300 e. The average molecular weight is 219 g/mol. The third-order valence-electron chi connectivity index (χ3n) is 3.69. The van der Waals surface area contributed by atoms with Crippen LogP contribution in [0.3, 0.4) is 0 Å². The van der Waals surface area contributed by atoms with Crippen molar-refractivity contribution in [3.63, 3.8) is 0 Å². The number of carbonyl (C=O) groups is 1. The lowest BCUT2D eigenvalue weighted by Gasteiger charge is -2.17. The van der Waals surface area contributed by atoms with Crippen LogP contribution >= 0.6 is 0 Å². The summed E-state index contributed by atoms with van der Waals surface area (Å²) in [5.74, 6) is 2.97.